The van der Waals surface area contributed by atoms with E-state index >= 15 is 0 Å². The maximum atomic E-state index is 11.1. The summed E-state index contributed by atoms with van der Waals surface area (Å²) in [5.74, 6) is -1.19. The fraction of sp³-hybridized carbons (Fsp3) is 0.222. The van der Waals surface area contributed by atoms with E-state index in [1.54, 1.807) is 0 Å². The standard InChI is InChI=1S/C9H10N2O7S/c1-18-6-2-3-8(19(16)17)7(4-6)10(11(14)15)5-9(12)13/h2-4H,5H2,1H3,(H2-,12,13,14,15,16,17)/p+1. The van der Waals surface area contributed by atoms with Gasteiger partial charge in [-0.1, -0.05) is 0 Å². The molecule has 0 fully saturated rings. The molecule has 0 saturated carbocycles. The van der Waals surface area contributed by atoms with Crippen LogP contribution in [0.4, 0.5) is 5.69 Å². The van der Waals surface area contributed by atoms with Crippen molar-refractivity contribution in [1.29, 1.82) is 0 Å². The Morgan fingerprint density at radius 3 is 2.58 bits per heavy atom. The Morgan fingerprint density at radius 1 is 1.53 bits per heavy atom. The molecule has 19 heavy (non-hydrogen) atoms. The van der Waals surface area contributed by atoms with E-state index < -0.39 is 28.6 Å². The highest BCUT2D eigenvalue weighted by Crippen LogP contribution is 2.28. The highest BCUT2D eigenvalue weighted by Gasteiger charge is 2.30. The molecule has 104 valence electrons. The van der Waals surface area contributed by atoms with Gasteiger partial charge in [-0.05, 0) is 17.1 Å². The van der Waals surface area contributed by atoms with Crippen molar-refractivity contribution in [3.05, 3.63) is 23.1 Å². The van der Waals surface area contributed by atoms with Crippen molar-refractivity contribution >= 4 is 22.7 Å². The summed E-state index contributed by atoms with van der Waals surface area (Å²) in [5.41, 5.74) is -0.250. The third-order valence-corrected chi connectivity index (χ3v) is 2.85. The zero-order valence-electron chi connectivity index (χ0n) is 9.72. The SMILES string of the molecule is COc1ccc(S(=O)O)c(N(CC(=O)O)[N+](=O)O)c1. The molecule has 1 unspecified atom stereocenters. The van der Waals surface area contributed by atoms with Gasteiger partial charge in [0.15, 0.2) is 17.6 Å². The molecule has 0 radical (unpaired) electrons. The third kappa shape index (κ3) is 3.63. The van der Waals surface area contributed by atoms with E-state index in [-0.39, 0.29) is 16.3 Å². The first-order chi connectivity index (χ1) is 8.86. The zero-order valence-corrected chi connectivity index (χ0v) is 10.5. The third-order valence-electron chi connectivity index (χ3n) is 2.12. The normalized spacial score (nSPS) is 11.7. The van der Waals surface area contributed by atoms with Gasteiger partial charge in [0.2, 0.25) is 0 Å². The van der Waals surface area contributed by atoms with Crippen molar-refractivity contribution in [2.75, 3.05) is 18.7 Å². The second-order valence-electron chi connectivity index (χ2n) is 3.29. The Hall–Kier alpha value is -2.20. The quantitative estimate of drug-likeness (QED) is 0.502. The van der Waals surface area contributed by atoms with Crippen LogP contribution in [0.3, 0.4) is 0 Å². The van der Waals surface area contributed by atoms with Gasteiger partial charge in [0.1, 0.15) is 16.3 Å². The van der Waals surface area contributed by atoms with Crippen LogP contribution in [0.15, 0.2) is 23.1 Å². The number of rotatable bonds is 6. The van der Waals surface area contributed by atoms with Crippen LogP contribution in [-0.4, -0.2) is 43.7 Å². The molecule has 0 amide bonds. The molecule has 10 heteroatoms. The number of carboxylic acids is 1. The Morgan fingerprint density at radius 2 is 2.16 bits per heavy atom. The summed E-state index contributed by atoms with van der Waals surface area (Å²) >= 11 is -2.47. The minimum absolute atomic E-state index is 0.224. The number of hydrogen-bond acceptors (Lipinski definition) is 4. The van der Waals surface area contributed by atoms with Crippen molar-refractivity contribution in [2.45, 2.75) is 4.90 Å². The van der Waals surface area contributed by atoms with Crippen LogP contribution < -0.4 is 9.75 Å². The number of hydrazine groups is 1. The lowest BCUT2D eigenvalue weighted by atomic mass is 10.3. The lowest BCUT2D eigenvalue weighted by Crippen LogP contribution is -2.36. The van der Waals surface area contributed by atoms with Gasteiger partial charge in [0, 0.05) is 6.07 Å². The molecule has 1 aromatic rings. The molecule has 0 saturated heterocycles. The average molecular weight is 291 g/mol. The molecule has 1 rings (SSSR count). The second-order valence-corrected chi connectivity index (χ2v) is 4.23. The fourth-order valence-electron chi connectivity index (χ4n) is 1.34. The second kappa shape index (κ2) is 6.11. The maximum absolute atomic E-state index is 11.1. The van der Waals surface area contributed by atoms with E-state index in [0.29, 0.717) is 5.01 Å². The van der Waals surface area contributed by atoms with Crippen LogP contribution >= 0.6 is 0 Å². The number of hydrogen-bond donors (Lipinski definition) is 3. The number of anilines is 1. The van der Waals surface area contributed by atoms with Crippen molar-refractivity contribution in [3.8, 4) is 5.75 Å². The van der Waals surface area contributed by atoms with Gasteiger partial charge in [0.25, 0.3) is 0 Å². The summed E-state index contributed by atoms with van der Waals surface area (Å²) in [7, 11) is 1.32. The van der Waals surface area contributed by atoms with Crippen LogP contribution in [0.5, 0.6) is 5.75 Å². The van der Waals surface area contributed by atoms with E-state index in [4.69, 9.17) is 19.6 Å². The number of benzene rings is 1. The number of methoxy groups -OCH3 is 1. The number of carbonyl (C=O) groups is 1. The Kier molecular flexibility index (Phi) is 4.78. The summed E-state index contributed by atoms with van der Waals surface area (Å²) in [6, 6.07) is 3.70. The molecule has 0 heterocycles. The summed E-state index contributed by atoms with van der Waals surface area (Å²) in [4.78, 5) is 21.4. The highest BCUT2D eigenvalue weighted by atomic mass is 32.2. The number of ether oxygens (including phenoxy) is 1. The molecular weight excluding hydrogens is 280 g/mol. The van der Waals surface area contributed by atoms with Crippen molar-refractivity contribution < 1.29 is 33.6 Å². The number of carboxylic acid groups (broad SMARTS) is 1. The van der Waals surface area contributed by atoms with E-state index in [1.807, 2.05) is 0 Å². The van der Waals surface area contributed by atoms with E-state index in [1.165, 1.54) is 19.2 Å². The van der Waals surface area contributed by atoms with Crippen LogP contribution in [0.1, 0.15) is 0 Å². The van der Waals surface area contributed by atoms with E-state index in [9.17, 15) is 13.9 Å². The minimum Gasteiger partial charge on any atom is -0.497 e. The Bertz CT molecular complexity index is 533. The largest absolute Gasteiger partial charge is 0.497 e. The van der Waals surface area contributed by atoms with Gasteiger partial charge in [-0.15, -0.1) is 0 Å². The molecule has 0 bridgehead atoms. The zero-order chi connectivity index (χ0) is 14.6. The molecule has 3 N–H and O–H groups in total. The smallest absolute Gasteiger partial charge is 0.362 e. The molecule has 1 atom stereocenters. The summed E-state index contributed by atoms with van der Waals surface area (Å²) in [6.45, 7) is -0.892. The molecule has 0 spiro atoms. The first kappa shape index (κ1) is 14.9. The average Bonchev–Trinajstić information content (AvgIpc) is 2.34. The molecule has 0 aliphatic heterocycles. The van der Waals surface area contributed by atoms with Crippen LogP contribution in [0.2, 0.25) is 0 Å². The molecule has 0 aliphatic carbocycles. The van der Waals surface area contributed by atoms with Gasteiger partial charge in [-0.3, -0.25) is 4.79 Å². The van der Waals surface area contributed by atoms with Gasteiger partial charge < -0.3 is 14.4 Å². The van der Waals surface area contributed by atoms with Gasteiger partial charge in [-0.2, -0.15) is 0 Å². The fourth-order valence-corrected chi connectivity index (χ4v) is 1.87. The molecule has 0 aromatic heterocycles. The van der Waals surface area contributed by atoms with E-state index in [0.717, 1.165) is 6.07 Å². The number of aliphatic carboxylic acids is 1. The molecule has 1 aromatic carbocycles. The van der Waals surface area contributed by atoms with Crippen LogP contribution in [0.25, 0.3) is 0 Å². The van der Waals surface area contributed by atoms with Crippen molar-refractivity contribution in [3.63, 3.8) is 0 Å². The minimum atomic E-state index is -2.47. The topological polar surface area (TPSA) is 127 Å². The Balaban J connectivity index is 3.36. The number of nitrogens with zero attached hydrogens (tertiary/aromatic N) is 2. The first-order valence-electron chi connectivity index (χ1n) is 4.81. The van der Waals surface area contributed by atoms with Crippen LogP contribution in [-0.2, 0) is 15.9 Å². The summed E-state index contributed by atoms with van der Waals surface area (Å²) in [6.07, 6.45) is 0. The Labute approximate surface area is 109 Å². The molecule has 0 aliphatic rings. The summed E-state index contributed by atoms with van der Waals surface area (Å²) < 4.78 is 25.1. The van der Waals surface area contributed by atoms with Gasteiger partial charge in [0.05, 0.1) is 12.0 Å². The highest BCUT2D eigenvalue weighted by molar-refractivity contribution is 7.79. The van der Waals surface area contributed by atoms with Gasteiger partial charge >= 0.3 is 11.0 Å². The predicted octanol–water partition coefficient (Wildman–Crippen LogP) is 0.250. The monoisotopic (exact) mass is 291 g/mol. The lowest BCUT2D eigenvalue weighted by molar-refractivity contribution is -0.798. The lowest BCUT2D eigenvalue weighted by Gasteiger charge is -2.12. The molecular formula is C9H11N2O7S+. The van der Waals surface area contributed by atoms with Crippen molar-refractivity contribution in [1.82, 2.24) is 0 Å². The van der Waals surface area contributed by atoms with Gasteiger partial charge in [-0.25, -0.2) is 9.42 Å². The maximum Gasteiger partial charge on any atom is 0.362 e. The van der Waals surface area contributed by atoms with Crippen molar-refractivity contribution in [2.24, 2.45) is 0 Å². The van der Waals surface area contributed by atoms with E-state index in [2.05, 4.69) is 0 Å². The predicted molar refractivity (Wildman–Crippen MR) is 62.4 cm³/mol. The molecule has 9 nitrogen and oxygen atoms in total. The summed E-state index contributed by atoms with van der Waals surface area (Å²) in [5, 5.41) is 17.2. The van der Waals surface area contributed by atoms with Crippen LogP contribution in [0, 0.1) is 4.91 Å². The first-order valence-corrected chi connectivity index (χ1v) is 5.91.